The van der Waals surface area contributed by atoms with Gasteiger partial charge in [0, 0.05) is 24.9 Å². The van der Waals surface area contributed by atoms with E-state index in [4.69, 9.17) is 4.74 Å². The van der Waals surface area contributed by atoms with Crippen LogP contribution in [-0.4, -0.2) is 55.0 Å². The first kappa shape index (κ1) is 21.9. The summed E-state index contributed by atoms with van der Waals surface area (Å²) in [5, 5.41) is 6.51. The molecule has 3 aliphatic heterocycles. The predicted molar refractivity (Wildman–Crippen MR) is 114 cm³/mol. The monoisotopic (exact) mass is 421 g/mol. The number of hydrogen-bond donors (Lipinski definition) is 2. The maximum absolute atomic E-state index is 13.0. The molecule has 6 nitrogen and oxygen atoms in total. The molecule has 0 aromatic heterocycles. The van der Waals surface area contributed by atoms with Gasteiger partial charge in [-0.1, -0.05) is 12.1 Å². The minimum absolute atomic E-state index is 0. The van der Waals surface area contributed by atoms with Crippen molar-refractivity contribution >= 4 is 24.2 Å². The highest BCUT2D eigenvalue weighted by molar-refractivity contribution is 5.89. The van der Waals surface area contributed by atoms with Crippen LogP contribution >= 0.6 is 12.4 Å². The van der Waals surface area contributed by atoms with Gasteiger partial charge in [-0.2, -0.15) is 0 Å². The number of rotatable bonds is 5. The van der Waals surface area contributed by atoms with Crippen molar-refractivity contribution in [3.8, 4) is 5.75 Å². The Hall–Kier alpha value is -1.79. The second-order valence-corrected chi connectivity index (χ2v) is 8.53. The quantitative estimate of drug-likeness (QED) is 0.715. The number of benzene rings is 1. The Labute approximate surface area is 179 Å². The van der Waals surface area contributed by atoms with Crippen molar-refractivity contribution in [2.75, 3.05) is 26.2 Å². The Bertz CT molecular complexity index is 757. The highest BCUT2D eigenvalue weighted by Gasteiger charge is 2.50. The zero-order chi connectivity index (χ0) is 19.7. The SMILES string of the molecule is Cc1ccc(C)c(OCCNC(=O)[C@H]2[C@@H]3CNC[C@@H](C3)[C@@H]3CCCC(=O)N32)c1.Cl. The van der Waals surface area contributed by atoms with Gasteiger partial charge in [0.25, 0.3) is 0 Å². The zero-order valence-electron chi connectivity index (χ0n) is 17.3. The Morgan fingerprint density at radius 1 is 1.28 bits per heavy atom. The minimum atomic E-state index is -0.345. The van der Waals surface area contributed by atoms with Crippen LogP contribution < -0.4 is 15.4 Å². The molecule has 4 rings (SSSR count). The van der Waals surface area contributed by atoms with Crippen LogP contribution in [0.25, 0.3) is 0 Å². The van der Waals surface area contributed by atoms with E-state index >= 15 is 0 Å². The first-order valence-electron chi connectivity index (χ1n) is 10.5. The fourth-order valence-corrected chi connectivity index (χ4v) is 5.15. The van der Waals surface area contributed by atoms with Gasteiger partial charge in [0.1, 0.15) is 18.4 Å². The van der Waals surface area contributed by atoms with E-state index in [9.17, 15) is 9.59 Å². The number of fused-ring (bicyclic) bond motifs is 4. The predicted octanol–water partition coefficient (Wildman–Crippen LogP) is 2.21. The van der Waals surface area contributed by atoms with Gasteiger partial charge in [0.05, 0.1) is 6.54 Å². The third-order valence-corrected chi connectivity index (χ3v) is 6.52. The first-order valence-corrected chi connectivity index (χ1v) is 10.5. The molecule has 3 saturated heterocycles. The molecule has 2 amide bonds. The van der Waals surface area contributed by atoms with E-state index < -0.39 is 0 Å². The lowest BCUT2D eigenvalue weighted by molar-refractivity contribution is -0.157. The molecule has 0 unspecified atom stereocenters. The van der Waals surface area contributed by atoms with Crippen molar-refractivity contribution < 1.29 is 14.3 Å². The molecule has 1 aromatic carbocycles. The van der Waals surface area contributed by atoms with Crippen molar-refractivity contribution in [3.05, 3.63) is 29.3 Å². The van der Waals surface area contributed by atoms with Gasteiger partial charge in [-0.3, -0.25) is 9.59 Å². The molecule has 7 heteroatoms. The Morgan fingerprint density at radius 2 is 2.07 bits per heavy atom. The van der Waals surface area contributed by atoms with E-state index in [0.29, 0.717) is 25.5 Å². The van der Waals surface area contributed by atoms with E-state index in [1.165, 1.54) is 0 Å². The second-order valence-electron chi connectivity index (χ2n) is 8.53. The van der Waals surface area contributed by atoms with E-state index in [1.54, 1.807) is 0 Å². The second kappa shape index (κ2) is 9.35. The number of amides is 2. The number of carbonyl (C=O) groups is 2. The van der Waals surface area contributed by atoms with Gasteiger partial charge in [-0.05, 0) is 62.8 Å². The topological polar surface area (TPSA) is 70.7 Å². The fraction of sp³-hybridized carbons (Fsp3) is 0.636. The van der Waals surface area contributed by atoms with Gasteiger partial charge in [0.2, 0.25) is 11.8 Å². The number of carbonyl (C=O) groups excluding carboxylic acids is 2. The molecule has 0 spiro atoms. The largest absolute Gasteiger partial charge is 0.491 e. The summed E-state index contributed by atoms with van der Waals surface area (Å²) in [6, 6.07) is 5.99. The summed E-state index contributed by atoms with van der Waals surface area (Å²) < 4.78 is 5.86. The average Bonchev–Trinajstić information content (AvgIpc) is 2.69. The zero-order valence-corrected chi connectivity index (χ0v) is 18.1. The Morgan fingerprint density at radius 3 is 2.90 bits per heavy atom. The third kappa shape index (κ3) is 4.53. The van der Waals surface area contributed by atoms with Gasteiger partial charge in [-0.25, -0.2) is 0 Å². The molecule has 3 aliphatic rings. The standard InChI is InChI=1S/C22H31N3O3.ClH/c1-14-6-7-15(2)19(10-14)28-9-8-24-22(27)21-17-11-16(12-23-13-17)18-4-3-5-20(26)25(18)21;/h6-7,10,16-18,21,23H,3-5,8-9,11-13H2,1-2H3,(H,24,27);1H/t16-,17+,18+,21-;/m1./s1. The fourth-order valence-electron chi connectivity index (χ4n) is 5.15. The van der Waals surface area contributed by atoms with Crippen LogP contribution in [0, 0.1) is 25.7 Å². The molecular formula is C22H32ClN3O3. The van der Waals surface area contributed by atoms with Crippen LogP contribution in [-0.2, 0) is 9.59 Å². The Balaban J connectivity index is 0.00000240. The maximum atomic E-state index is 13.0. The molecule has 0 saturated carbocycles. The van der Waals surface area contributed by atoms with Crippen LogP contribution in [0.1, 0.15) is 36.8 Å². The van der Waals surface area contributed by atoms with Crippen molar-refractivity contribution in [2.45, 2.75) is 51.6 Å². The first-order chi connectivity index (χ1) is 13.5. The van der Waals surface area contributed by atoms with Crippen LogP contribution in [0.3, 0.4) is 0 Å². The summed E-state index contributed by atoms with van der Waals surface area (Å²) in [4.78, 5) is 27.6. The van der Waals surface area contributed by atoms with Crippen LogP contribution in [0.5, 0.6) is 5.75 Å². The molecule has 0 radical (unpaired) electrons. The number of nitrogens with one attached hydrogen (secondary N) is 2. The number of ether oxygens (including phenoxy) is 1. The molecule has 160 valence electrons. The molecule has 29 heavy (non-hydrogen) atoms. The lowest BCUT2D eigenvalue weighted by atomic mass is 9.72. The Kier molecular flexibility index (Phi) is 7.06. The summed E-state index contributed by atoms with van der Waals surface area (Å²) in [5.41, 5.74) is 2.24. The molecule has 3 heterocycles. The van der Waals surface area contributed by atoms with E-state index in [-0.39, 0.29) is 42.2 Å². The maximum Gasteiger partial charge on any atom is 0.243 e. The van der Waals surface area contributed by atoms with Crippen molar-refractivity contribution in [2.24, 2.45) is 11.8 Å². The number of halogens is 1. The van der Waals surface area contributed by atoms with Gasteiger partial charge in [-0.15, -0.1) is 12.4 Å². The van der Waals surface area contributed by atoms with Crippen LogP contribution in [0.4, 0.5) is 0 Å². The lowest BCUT2D eigenvalue weighted by Crippen LogP contribution is -2.68. The van der Waals surface area contributed by atoms with Gasteiger partial charge in [0.15, 0.2) is 0 Å². The smallest absolute Gasteiger partial charge is 0.243 e. The van der Waals surface area contributed by atoms with E-state index in [2.05, 4.69) is 16.7 Å². The molecule has 2 bridgehead atoms. The van der Waals surface area contributed by atoms with E-state index in [1.807, 2.05) is 30.9 Å². The minimum Gasteiger partial charge on any atom is -0.491 e. The van der Waals surface area contributed by atoms with Crippen molar-refractivity contribution in [1.82, 2.24) is 15.5 Å². The van der Waals surface area contributed by atoms with Gasteiger partial charge >= 0.3 is 0 Å². The lowest BCUT2D eigenvalue weighted by Gasteiger charge is -2.53. The molecule has 4 atom stereocenters. The molecular weight excluding hydrogens is 390 g/mol. The number of nitrogens with zero attached hydrogens (tertiary/aromatic N) is 1. The van der Waals surface area contributed by atoms with Crippen LogP contribution in [0.2, 0.25) is 0 Å². The summed E-state index contributed by atoms with van der Waals surface area (Å²) in [7, 11) is 0. The highest BCUT2D eigenvalue weighted by atomic mass is 35.5. The molecule has 3 fully saturated rings. The van der Waals surface area contributed by atoms with Crippen LogP contribution in [0.15, 0.2) is 18.2 Å². The normalized spacial score (nSPS) is 28.2. The number of hydrogen-bond acceptors (Lipinski definition) is 4. The number of piperidine rings is 3. The van der Waals surface area contributed by atoms with Crippen molar-refractivity contribution in [3.63, 3.8) is 0 Å². The van der Waals surface area contributed by atoms with Crippen molar-refractivity contribution in [1.29, 1.82) is 0 Å². The highest BCUT2D eigenvalue weighted by Crippen LogP contribution is 2.39. The molecule has 0 aliphatic carbocycles. The average molecular weight is 422 g/mol. The third-order valence-electron chi connectivity index (χ3n) is 6.52. The summed E-state index contributed by atoms with van der Waals surface area (Å²) in [5.74, 6) is 1.67. The van der Waals surface area contributed by atoms with Gasteiger partial charge < -0.3 is 20.3 Å². The summed E-state index contributed by atoms with van der Waals surface area (Å²) in [6.07, 6.45) is 3.57. The molecule has 2 N–H and O–H groups in total. The summed E-state index contributed by atoms with van der Waals surface area (Å²) >= 11 is 0. The van der Waals surface area contributed by atoms with E-state index in [0.717, 1.165) is 49.2 Å². The number of aryl methyl sites for hydroxylation is 2. The summed E-state index contributed by atoms with van der Waals surface area (Å²) in [6.45, 7) is 6.69. The molecule has 1 aromatic rings.